The molecular formula is C17H19F2N5O3. The lowest BCUT2D eigenvalue weighted by Gasteiger charge is -2.29. The lowest BCUT2D eigenvalue weighted by Crippen LogP contribution is -2.42. The summed E-state index contributed by atoms with van der Waals surface area (Å²) in [5.74, 6) is -2.78. The molecule has 0 bridgehead atoms. The van der Waals surface area contributed by atoms with E-state index in [9.17, 15) is 23.5 Å². The van der Waals surface area contributed by atoms with Crippen molar-refractivity contribution in [1.29, 1.82) is 0 Å². The average Bonchev–Trinajstić information content (AvgIpc) is 2.99. The highest BCUT2D eigenvalue weighted by atomic mass is 19.2. The first-order valence-corrected chi connectivity index (χ1v) is 8.38. The van der Waals surface area contributed by atoms with Crippen molar-refractivity contribution in [2.45, 2.75) is 18.9 Å². The Kier molecular flexibility index (Phi) is 5.36. The molecule has 1 aromatic carbocycles. The summed E-state index contributed by atoms with van der Waals surface area (Å²) in [6, 6.07) is 4.41. The molecule has 3 N–H and O–H groups in total. The van der Waals surface area contributed by atoms with E-state index in [1.54, 1.807) is 4.90 Å². The van der Waals surface area contributed by atoms with Gasteiger partial charge in [0, 0.05) is 26.2 Å². The Morgan fingerprint density at radius 1 is 1.22 bits per heavy atom. The molecular weight excluding hydrogens is 360 g/mol. The lowest BCUT2D eigenvalue weighted by atomic mass is 10.1. The van der Waals surface area contributed by atoms with Crippen LogP contribution in [0.3, 0.4) is 0 Å². The zero-order chi connectivity index (χ0) is 19.6. The number of anilines is 2. The largest absolute Gasteiger partial charge is 0.393 e. The van der Waals surface area contributed by atoms with Crippen molar-refractivity contribution < 1.29 is 23.5 Å². The molecule has 27 heavy (non-hydrogen) atoms. The van der Waals surface area contributed by atoms with Gasteiger partial charge in [0.25, 0.3) is 5.91 Å². The number of benzene rings is 1. The van der Waals surface area contributed by atoms with Gasteiger partial charge >= 0.3 is 6.03 Å². The van der Waals surface area contributed by atoms with E-state index >= 15 is 0 Å². The Morgan fingerprint density at radius 3 is 2.63 bits per heavy atom. The number of hydrogen-bond donors (Lipinski definition) is 3. The molecule has 1 aliphatic rings. The van der Waals surface area contributed by atoms with Crippen molar-refractivity contribution in [2.75, 3.05) is 23.7 Å². The lowest BCUT2D eigenvalue weighted by molar-refractivity contribution is 0.0970. The fourth-order valence-electron chi connectivity index (χ4n) is 2.79. The number of carbonyl (C=O) groups excluding carboxylic acids is 2. The topological polar surface area (TPSA) is 99.5 Å². The predicted octanol–water partition coefficient (Wildman–Crippen LogP) is 1.94. The second kappa shape index (κ2) is 7.70. The first kappa shape index (κ1) is 18.8. The highest BCUT2D eigenvalue weighted by molar-refractivity contribution is 6.04. The van der Waals surface area contributed by atoms with Gasteiger partial charge in [-0.1, -0.05) is 6.07 Å². The zero-order valence-electron chi connectivity index (χ0n) is 14.6. The van der Waals surface area contributed by atoms with Crippen LogP contribution in [0.4, 0.5) is 25.1 Å². The highest BCUT2D eigenvalue weighted by Crippen LogP contribution is 2.19. The van der Waals surface area contributed by atoms with Crippen LogP contribution in [0.25, 0.3) is 0 Å². The molecule has 3 amide bonds. The number of aryl methyl sites for hydroxylation is 1. The quantitative estimate of drug-likeness (QED) is 0.759. The third-order valence-electron chi connectivity index (χ3n) is 4.30. The van der Waals surface area contributed by atoms with Crippen molar-refractivity contribution in [3.8, 4) is 0 Å². The van der Waals surface area contributed by atoms with Gasteiger partial charge in [-0.15, -0.1) is 0 Å². The number of aliphatic hydroxyl groups is 1. The molecule has 10 heteroatoms. The number of hydrogen-bond acceptors (Lipinski definition) is 4. The molecule has 1 aromatic heterocycles. The molecule has 2 heterocycles. The third-order valence-corrected chi connectivity index (χ3v) is 4.30. The molecule has 0 spiro atoms. The number of aliphatic hydroxyl groups excluding tert-OH is 1. The van der Waals surface area contributed by atoms with Crippen LogP contribution in [0, 0.1) is 11.6 Å². The van der Waals surface area contributed by atoms with Gasteiger partial charge < -0.3 is 15.3 Å². The fourth-order valence-corrected chi connectivity index (χ4v) is 2.79. The second-order valence-corrected chi connectivity index (χ2v) is 6.24. The van der Waals surface area contributed by atoms with E-state index in [1.165, 1.54) is 29.9 Å². The molecule has 1 fully saturated rings. The number of carbonyl (C=O) groups is 2. The summed E-state index contributed by atoms with van der Waals surface area (Å²) >= 11 is 0. The van der Waals surface area contributed by atoms with Gasteiger partial charge in [0.1, 0.15) is 5.69 Å². The molecule has 0 aliphatic carbocycles. The SMILES string of the molecule is Cn1nc(NC(=O)N2CCC(O)CC2)cc1C(=O)Nc1cccc(F)c1F. The number of amides is 3. The Balaban J connectivity index is 1.67. The Bertz CT molecular complexity index is 862. The van der Waals surface area contributed by atoms with Crippen LogP contribution in [0.1, 0.15) is 23.3 Å². The number of rotatable bonds is 3. The molecule has 0 saturated carbocycles. The predicted molar refractivity (Wildman–Crippen MR) is 93.4 cm³/mol. The maximum Gasteiger partial charge on any atom is 0.323 e. The van der Waals surface area contributed by atoms with Crippen molar-refractivity contribution in [1.82, 2.24) is 14.7 Å². The second-order valence-electron chi connectivity index (χ2n) is 6.24. The van der Waals surface area contributed by atoms with Gasteiger partial charge in [-0.2, -0.15) is 5.10 Å². The summed E-state index contributed by atoms with van der Waals surface area (Å²) in [6.45, 7) is 0.845. The third kappa shape index (κ3) is 4.22. The smallest absolute Gasteiger partial charge is 0.323 e. The van der Waals surface area contributed by atoms with Crippen LogP contribution in [-0.4, -0.2) is 50.9 Å². The van der Waals surface area contributed by atoms with E-state index in [0.29, 0.717) is 25.9 Å². The van der Waals surface area contributed by atoms with E-state index in [2.05, 4.69) is 15.7 Å². The van der Waals surface area contributed by atoms with Crippen molar-refractivity contribution in [3.05, 3.63) is 41.6 Å². The number of aromatic nitrogens is 2. The van der Waals surface area contributed by atoms with Crippen molar-refractivity contribution in [3.63, 3.8) is 0 Å². The van der Waals surface area contributed by atoms with E-state index in [1.807, 2.05) is 0 Å². The van der Waals surface area contributed by atoms with E-state index in [4.69, 9.17) is 0 Å². The average molecular weight is 379 g/mol. The molecule has 3 rings (SSSR count). The van der Waals surface area contributed by atoms with Gasteiger partial charge in [-0.25, -0.2) is 13.6 Å². The molecule has 1 aliphatic heterocycles. The van der Waals surface area contributed by atoms with Crippen LogP contribution in [0.2, 0.25) is 0 Å². The van der Waals surface area contributed by atoms with Crippen molar-refractivity contribution in [2.24, 2.45) is 7.05 Å². The zero-order valence-corrected chi connectivity index (χ0v) is 14.6. The fraction of sp³-hybridized carbons (Fsp3) is 0.353. The summed E-state index contributed by atoms with van der Waals surface area (Å²) in [5.41, 5.74) is -0.235. The number of nitrogens with zero attached hydrogens (tertiary/aromatic N) is 3. The maximum atomic E-state index is 13.7. The summed E-state index contributed by atoms with van der Waals surface area (Å²) in [4.78, 5) is 26.1. The molecule has 1 saturated heterocycles. The Morgan fingerprint density at radius 2 is 1.93 bits per heavy atom. The summed E-state index contributed by atoms with van der Waals surface area (Å²) < 4.78 is 28.2. The number of piperidine rings is 1. The van der Waals surface area contributed by atoms with Crippen LogP contribution < -0.4 is 10.6 Å². The molecule has 0 radical (unpaired) electrons. The van der Waals surface area contributed by atoms with E-state index in [0.717, 1.165) is 6.07 Å². The first-order chi connectivity index (χ1) is 12.8. The normalized spacial score (nSPS) is 14.9. The molecule has 2 aromatic rings. The van der Waals surface area contributed by atoms with Crippen molar-refractivity contribution >= 4 is 23.4 Å². The highest BCUT2D eigenvalue weighted by Gasteiger charge is 2.23. The van der Waals surface area contributed by atoms with Crippen LogP contribution >= 0.6 is 0 Å². The van der Waals surface area contributed by atoms with E-state index < -0.39 is 23.6 Å². The first-order valence-electron chi connectivity index (χ1n) is 8.38. The monoisotopic (exact) mass is 379 g/mol. The summed E-state index contributed by atoms with van der Waals surface area (Å²) in [5, 5.41) is 18.4. The standard InChI is InChI=1S/C17H19F2N5O3/c1-23-13(16(26)20-12-4-2-3-11(18)15(12)19)9-14(22-23)21-17(27)24-7-5-10(25)6-8-24/h2-4,9-10,25H,5-8H2,1H3,(H,20,26)(H,21,22,27). The maximum absolute atomic E-state index is 13.7. The minimum Gasteiger partial charge on any atom is -0.393 e. The molecule has 0 atom stereocenters. The van der Waals surface area contributed by atoms with Crippen LogP contribution in [0.15, 0.2) is 24.3 Å². The molecule has 8 nitrogen and oxygen atoms in total. The molecule has 0 unspecified atom stereocenters. The van der Waals surface area contributed by atoms with Gasteiger partial charge in [-0.3, -0.25) is 14.8 Å². The minimum absolute atomic E-state index is 0.0584. The van der Waals surface area contributed by atoms with Gasteiger partial charge in [0.2, 0.25) is 0 Å². The number of likely N-dealkylation sites (tertiary alicyclic amines) is 1. The summed E-state index contributed by atoms with van der Waals surface area (Å²) in [7, 11) is 1.49. The van der Waals surface area contributed by atoms with Crippen LogP contribution in [-0.2, 0) is 7.05 Å². The molecule has 144 valence electrons. The Hall–Kier alpha value is -3.01. The minimum atomic E-state index is -1.16. The number of nitrogens with one attached hydrogen (secondary N) is 2. The van der Waals surface area contributed by atoms with Gasteiger partial charge in [0.05, 0.1) is 11.8 Å². The number of halogens is 2. The van der Waals surface area contributed by atoms with Gasteiger partial charge in [0.15, 0.2) is 17.5 Å². The van der Waals surface area contributed by atoms with E-state index in [-0.39, 0.29) is 23.2 Å². The Labute approximate surface area is 153 Å². The summed E-state index contributed by atoms with van der Waals surface area (Å²) in [6.07, 6.45) is 0.604. The number of urea groups is 1. The van der Waals surface area contributed by atoms with Gasteiger partial charge in [-0.05, 0) is 25.0 Å². The van der Waals surface area contributed by atoms with Crippen LogP contribution in [0.5, 0.6) is 0 Å².